The molecule has 0 spiro atoms. The highest BCUT2D eigenvalue weighted by atomic mass is 16.5. The fourth-order valence-corrected chi connectivity index (χ4v) is 3.17. The van der Waals surface area contributed by atoms with Crippen molar-refractivity contribution in [2.45, 2.75) is 18.6 Å². The minimum absolute atomic E-state index is 0.0317. The van der Waals surface area contributed by atoms with Crippen molar-refractivity contribution in [2.75, 3.05) is 46.5 Å². The van der Waals surface area contributed by atoms with Crippen LogP contribution in [0.2, 0.25) is 0 Å². The molecule has 0 unspecified atom stereocenters. The van der Waals surface area contributed by atoms with E-state index in [0.29, 0.717) is 18.9 Å². The molecule has 2 atom stereocenters. The topological polar surface area (TPSA) is 55.2 Å². The van der Waals surface area contributed by atoms with Gasteiger partial charge in [-0.1, -0.05) is 0 Å². The van der Waals surface area contributed by atoms with Crippen LogP contribution in [0.4, 0.5) is 0 Å². The number of carbonyl (C=O) groups is 1. The van der Waals surface area contributed by atoms with Gasteiger partial charge in [-0.25, -0.2) is 0 Å². The van der Waals surface area contributed by atoms with Crippen LogP contribution in [0.3, 0.4) is 0 Å². The molecule has 21 heavy (non-hydrogen) atoms. The Morgan fingerprint density at radius 1 is 1.48 bits per heavy atom. The van der Waals surface area contributed by atoms with Crippen molar-refractivity contribution in [2.24, 2.45) is 0 Å². The summed E-state index contributed by atoms with van der Waals surface area (Å²) < 4.78 is 16.3. The summed E-state index contributed by atoms with van der Waals surface area (Å²) in [6.45, 7) is 4.65. The van der Waals surface area contributed by atoms with Gasteiger partial charge in [-0.05, 0) is 18.6 Å². The molecule has 3 rings (SSSR count). The van der Waals surface area contributed by atoms with Gasteiger partial charge in [-0.3, -0.25) is 9.69 Å². The van der Waals surface area contributed by atoms with Gasteiger partial charge in [0, 0.05) is 33.3 Å². The average Bonchev–Trinajstić information content (AvgIpc) is 3.06. The number of piperidine rings is 1. The van der Waals surface area contributed by atoms with Crippen molar-refractivity contribution in [3.63, 3.8) is 0 Å². The Morgan fingerprint density at radius 2 is 2.38 bits per heavy atom. The number of methoxy groups -OCH3 is 1. The minimum atomic E-state index is -0.0317. The number of rotatable bonds is 4. The van der Waals surface area contributed by atoms with Crippen LogP contribution >= 0.6 is 0 Å². The molecule has 0 radical (unpaired) electrons. The van der Waals surface area contributed by atoms with Crippen molar-refractivity contribution < 1.29 is 18.7 Å². The molecule has 0 N–H and O–H groups in total. The lowest BCUT2D eigenvalue weighted by Crippen LogP contribution is -2.61. The van der Waals surface area contributed by atoms with Crippen LogP contribution in [0.1, 0.15) is 17.0 Å². The molecule has 1 aromatic rings. The Hall–Kier alpha value is -1.37. The highest BCUT2D eigenvalue weighted by molar-refractivity contribution is 5.91. The van der Waals surface area contributed by atoms with Crippen LogP contribution < -0.4 is 0 Å². The molecule has 6 heteroatoms. The van der Waals surface area contributed by atoms with E-state index >= 15 is 0 Å². The van der Waals surface area contributed by atoms with Crippen LogP contribution in [-0.2, 0) is 9.47 Å². The Kier molecular flexibility index (Phi) is 4.57. The van der Waals surface area contributed by atoms with Crippen molar-refractivity contribution in [3.05, 3.63) is 24.2 Å². The third-order valence-corrected chi connectivity index (χ3v) is 4.30. The first-order valence-electron chi connectivity index (χ1n) is 7.47. The van der Waals surface area contributed by atoms with E-state index in [1.807, 2.05) is 4.90 Å². The third kappa shape index (κ3) is 3.12. The van der Waals surface area contributed by atoms with Crippen molar-refractivity contribution in [1.82, 2.24) is 9.80 Å². The van der Waals surface area contributed by atoms with Crippen LogP contribution in [-0.4, -0.2) is 74.4 Å². The summed E-state index contributed by atoms with van der Waals surface area (Å²) in [6, 6.07) is 3.71. The SMILES string of the molecule is COCCN1CCO[C@@H]2CCN(C(=O)c3ccco3)C[C@H]21. The first kappa shape index (κ1) is 14.6. The summed E-state index contributed by atoms with van der Waals surface area (Å²) in [5.74, 6) is 0.379. The van der Waals surface area contributed by atoms with Gasteiger partial charge < -0.3 is 18.8 Å². The number of likely N-dealkylation sites (tertiary alicyclic amines) is 1. The number of fused-ring (bicyclic) bond motifs is 1. The first-order chi connectivity index (χ1) is 10.3. The molecule has 2 aliphatic rings. The molecule has 3 heterocycles. The summed E-state index contributed by atoms with van der Waals surface area (Å²) in [7, 11) is 1.71. The van der Waals surface area contributed by atoms with Crippen LogP contribution in [0, 0.1) is 0 Å². The summed E-state index contributed by atoms with van der Waals surface area (Å²) >= 11 is 0. The fraction of sp³-hybridized carbons (Fsp3) is 0.667. The average molecular weight is 294 g/mol. The maximum absolute atomic E-state index is 12.4. The maximum Gasteiger partial charge on any atom is 0.289 e. The Labute approximate surface area is 124 Å². The molecule has 0 aromatic carbocycles. The zero-order chi connectivity index (χ0) is 14.7. The number of furan rings is 1. The minimum Gasteiger partial charge on any atom is -0.459 e. The van der Waals surface area contributed by atoms with Gasteiger partial charge >= 0.3 is 0 Å². The highest BCUT2D eigenvalue weighted by Crippen LogP contribution is 2.24. The largest absolute Gasteiger partial charge is 0.459 e. The van der Waals surface area contributed by atoms with Gasteiger partial charge in [-0.15, -0.1) is 0 Å². The predicted octanol–water partition coefficient (Wildman–Crippen LogP) is 0.841. The van der Waals surface area contributed by atoms with Crippen molar-refractivity contribution in [1.29, 1.82) is 0 Å². The lowest BCUT2D eigenvalue weighted by atomic mass is 9.98. The molecule has 1 aromatic heterocycles. The normalized spacial score (nSPS) is 26.6. The molecule has 2 saturated heterocycles. The summed E-state index contributed by atoms with van der Waals surface area (Å²) in [5, 5.41) is 0. The molecular weight excluding hydrogens is 272 g/mol. The Bertz CT molecular complexity index is 462. The summed E-state index contributed by atoms with van der Waals surface area (Å²) in [4.78, 5) is 16.6. The fourth-order valence-electron chi connectivity index (χ4n) is 3.17. The monoisotopic (exact) mass is 294 g/mol. The van der Waals surface area contributed by atoms with Gasteiger partial charge in [0.1, 0.15) is 0 Å². The van der Waals surface area contributed by atoms with Gasteiger partial charge in [0.2, 0.25) is 0 Å². The van der Waals surface area contributed by atoms with E-state index in [4.69, 9.17) is 13.9 Å². The van der Waals surface area contributed by atoms with Gasteiger partial charge in [0.15, 0.2) is 5.76 Å². The van der Waals surface area contributed by atoms with E-state index < -0.39 is 0 Å². The molecule has 0 saturated carbocycles. The number of ether oxygens (including phenoxy) is 2. The van der Waals surface area contributed by atoms with Crippen LogP contribution in [0.15, 0.2) is 22.8 Å². The van der Waals surface area contributed by atoms with E-state index in [1.165, 1.54) is 6.26 Å². The first-order valence-corrected chi connectivity index (χ1v) is 7.47. The van der Waals surface area contributed by atoms with Gasteiger partial charge in [0.25, 0.3) is 5.91 Å². The van der Waals surface area contributed by atoms with E-state index in [9.17, 15) is 4.79 Å². The molecule has 0 aliphatic carbocycles. The highest BCUT2D eigenvalue weighted by Gasteiger charge is 2.38. The van der Waals surface area contributed by atoms with Crippen molar-refractivity contribution >= 4 is 5.91 Å². The number of nitrogens with zero attached hydrogens (tertiary/aromatic N) is 2. The second kappa shape index (κ2) is 6.60. The standard InChI is InChI=1S/C15H22N2O4/c1-19-9-6-16-7-10-21-13-4-5-17(11-12(13)16)15(18)14-3-2-8-20-14/h2-3,8,12-13H,4-7,9-11H2,1H3/t12-,13-/m1/s1. The number of carbonyl (C=O) groups excluding carboxylic acids is 1. The number of morpholine rings is 1. The van der Waals surface area contributed by atoms with E-state index in [2.05, 4.69) is 4.90 Å². The molecular formula is C15H22N2O4. The van der Waals surface area contributed by atoms with Crippen molar-refractivity contribution in [3.8, 4) is 0 Å². The van der Waals surface area contributed by atoms with E-state index in [0.717, 1.165) is 32.7 Å². The Balaban J connectivity index is 1.66. The summed E-state index contributed by atoms with van der Waals surface area (Å²) in [6.07, 6.45) is 2.63. The number of amides is 1. The molecule has 2 aliphatic heterocycles. The molecule has 1 amide bonds. The van der Waals surface area contributed by atoms with Crippen LogP contribution in [0.5, 0.6) is 0 Å². The maximum atomic E-state index is 12.4. The zero-order valence-electron chi connectivity index (χ0n) is 12.4. The summed E-state index contributed by atoms with van der Waals surface area (Å²) in [5.41, 5.74) is 0. The van der Waals surface area contributed by atoms with E-state index in [-0.39, 0.29) is 18.1 Å². The number of hydrogen-bond donors (Lipinski definition) is 0. The smallest absolute Gasteiger partial charge is 0.289 e. The molecule has 116 valence electrons. The molecule has 6 nitrogen and oxygen atoms in total. The third-order valence-electron chi connectivity index (χ3n) is 4.30. The van der Waals surface area contributed by atoms with Gasteiger partial charge in [0.05, 0.1) is 31.6 Å². The lowest BCUT2D eigenvalue weighted by molar-refractivity contribution is -0.102. The van der Waals surface area contributed by atoms with Gasteiger partial charge in [-0.2, -0.15) is 0 Å². The molecule has 2 fully saturated rings. The molecule has 0 bridgehead atoms. The second-order valence-corrected chi connectivity index (χ2v) is 5.52. The number of hydrogen-bond acceptors (Lipinski definition) is 5. The lowest BCUT2D eigenvalue weighted by Gasteiger charge is -2.46. The Morgan fingerprint density at radius 3 is 3.14 bits per heavy atom. The quantitative estimate of drug-likeness (QED) is 0.824. The van der Waals surface area contributed by atoms with E-state index in [1.54, 1.807) is 19.2 Å². The second-order valence-electron chi connectivity index (χ2n) is 5.52. The van der Waals surface area contributed by atoms with Crippen LogP contribution in [0.25, 0.3) is 0 Å². The predicted molar refractivity (Wildman–Crippen MR) is 76.2 cm³/mol. The zero-order valence-corrected chi connectivity index (χ0v) is 12.4.